The number of hydrogen-bond acceptors (Lipinski definition) is 4. The zero-order chi connectivity index (χ0) is 14.7. The van der Waals surface area contributed by atoms with E-state index in [9.17, 15) is 14.9 Å². The van der Waals surface area contributed by atoms with Crippen LogP contribution in [-0.4, -0.2) is 15.8 Å². The van der Waals surface area contributed by atoms with E-state index < -0.39 is 4.92 Å². The minimum absolute atomic E-state index is 0.0228. The SMILES string of the molecule is Cc1cc(NC(=O)c2ccnc(Br)c2)ccc1[N+](=O)[O-]. The van der Waals surface area contributed by atoms with E-state index in [2.05, 4.69) is 26.2 Å². The lowest BCUT2D eigenvalue weighted by Crippen LogP contribution is -2.12. The van der Waals surface area contributed by atoms with Gasteiger partial charge in [0.25, 0.3) is 11.6 Å². The average molecular weight is 336 g/mol. The summed E-state index contributed by atoms with van der Waals surface area (Å²) in [6.45, 7) is 1.62. The number of rotatable bonds is 3. The molecule has 0 aliphatic heterocycles. The van der Waals surface area contributed by atoms with Crippen LogP contribution in [0.5, 0.6) is 0 Å². The topological polar surface area (TPSA) is 85.1 Å². The number of amides is 1. The first kappa shape index (κ1) is 14.1. The van der Waals surface area contributed by atoms with Gasteiger partial charge in [0.05, 0.1) is 4.92 Å². The number of carbonyl (C=O) groups excluding carboxylic acids is 1. The van der Waals surface area contributed by atoms with Crippen molar-refractivity contribution in [1.29, 1.82) is 0 Å². The van der Waals surface area contributed by atoms with Gasteiger partial charge < -0.3 is 5.32 Å². The number of nitrogens with zero attached hydrogens (tertiary/aromatic N) is 2. The lowest BCUT2D eigenvalue weighted by atomic mass is 10.1. The van der Waals surface area contributed by atoms with E-state index in [4.69, 9.17) is 0 Å². The molecular weight excluding hydrogens is 326 g/mol. The maximum Gasteiger partial charge on any atom is 0.272 e. The number of carbonyl (C=O) groups is 1. The van der Waals surface area contributed by atoms with E-state index in [0.717, 1.165) is 0 Å². The van der Waals surface area contributed by atoms with Crippen LogP contribution in [0.3, 0.4) is 0 Å². The average Bonchev–Trinajstić information content (AvgIpc) is 2.38. The van der Waals surface area contributed by atoms with Crippen molar-refractivity contribution in [3.05, 3.63) is 62.4 Å². The highest BCUT2D eigenvalue weighted by Crippen LogP contribution is 2.22. The molecule has 1 amide bonds. The number of aromatic nitrogens is 1. The van der Waals surface area contributed by atoms with Crippen molar-refractivity contribution in [1.82, 2.24) is 4.98 Å². The van der Waals surface area contributed by atoms with Crippen LogP contribution in [0, 0.1) is 17.0 Å². The zero-order valence-corrected chi connectivity index (χ0v) is 12.0. The predicted molar refractivity (Wildman–Crippen MR) is 77.7 cm³/mol. The highest BCUT2D eigenvalue weighted by Gasteiger charge is 2.12. The number of nitro benzene ring substituents is 1. The molecule has 1 N–H and O–H groups in total. The van der Waals surface area contributed by atoms with Crippen molar-refractivity contribution in [3.8, 4) is 0 Å². The van der Waals surface area contributed by atoms with Crippen molar-refractivity contribution in [2.24, 2.45) is 0 Å². The summed E-state index contributed by atoms with van der Waals surface area (Å²) < 4.78 is 0.560. The molecular formula is C13H10BrN3O3. The Balaban J connectivity index is 2.20. The smallest absolute Gasteiger partial charge is 0.272 e. The summed E-state index contributed by atoms with van der Waals surface area (Å²) in [5.41, 5.74) is 1.47. The first-order valence-electron chi connectivity index (χ1n) is 5.65. The van der Waals surface area contributed by atoms with Gasteiger partial charge in [-0.1, -0.05) is 0 Å². The van der Waals surface area contributed by atoms with E-state index in [1.165, 1.54) is 18.3 Å². The Kier molecular flexibility index (Phi) is 4.09. The van der Waals surface area contributed by atoms with Crippen molar-refractivity contribution in [2.45, 2.75) is 6.92 Å². The lowest BCUT2D eigenvalue weighted by molar-refractivity contribution is -0.385. The number of nitro groups is 1. The molecule has 1 aromatic heterocycles. The summed E-state index contributed by atoms with van der Waals surface area (Å²) in [5, 5.41) is 13.4. The number of aryl methyl sites for hydroxylation is 1. The van der Waals surface area contributed by atoms with Crippen molar-refractivity contribution < 1.29 is 9.72 Å². The summed E-state index contributed by atoms with van der Waals surface area (Å²) in [6.07, 6.45) is 1.51. The first-order valence-corrected chi connectivity index (χ1v) is 6.44. The van der Waals surface area contributed by atoms with Gasteiger partial charge in [-0.25, -0.2) is 4.98 Å². The molecule has 1 aromatic carbocycles. The monoisotopic (exact) mass is 335 g/mol. The first-order chi connectivity index (χ1) is 9.47. The van der Waals surface area contributed by atoms with Gasteiger partial charge in [-0.2, -0.15) is 0 Å². The summed E-state index contributed by atoms with van der Waals surface area (Å²) in [6, 6.07) is 7.60. The van der Waals surface area contributed by atoms with Gasteiger partial charge in [0.2, 0.25) is 0 Å². The molecule has 0 unspecified atom stereocenters. The number of anilines is 1. The Morgan fingerprint density at radius 2 is 2.10 bits per heavy atom. The molecule has 20 heavy (non-hydrogen) atoms. The highest BCUT2D eigenvalue weighted by atomic mass is 79.9. The van der Waals surface area contributed by atoms with Gasteiger partial charge in [-0.05, 0) is 47.1 Å². The van der Waals surface area contributed by atoms with Crippen LogP contribution in [0.1, 0.15) is 15.9 Å². The Bertz CT molecular complexity index is 688. The molecule has 0 atom stereocenters. The second-order valence-electron chi connectivity index (χ2n) is 4.08. The Morgan fingerprint density at radius 1 is 1.35 bits per heavy atom. The third kappa shape index (κ3) is 3.18. The largest absolute Gasteiger partial charge is 0.322 e. The fourth-order valence-corrected chi connectivity index (χ4v) is 2.05. The normalized spacial score (nSPS) is 10.1. The van der Waals surface area contributed by atoms with Gasteiger partial charge in [-0.15, -0.1) is 0 Å². The molecule has 0 radical (unpaired) electrons. The molecule has 0 aliphatic rings. The molecule has 0 saturated carbocycles. The molecule has 0 spiro atoms. The number of benzene rings is 1. The third-order valence-electron chi connectivity index (χ3n) is 2.64. The minimum atomic E-state index is -0.457. The predicted octanol–water partition coefficient (Wildman–Crippen LogP) is 3.31. The van der Waals surface area contributed by atoms with Crippen LogP contribution in [0.15, 0.2) is 41.1 Å². The van der Waals surface area contributed by atoms with Crippen molar-refractivity contribution in [2.75, 3.05) is 5.32 Å². The molecule has 0 aliphatic carbocycles. The number of hydrogen-bond donors (Lipinski definition) is 1. The fourth-order valence-electron chi connectivity index (χ4n) is 1.69. The number of pyridine rings is 1. The molecule has 6 nitrogen and oxygen atoms in total. The molecule has 0 saturated heterocycles. The summed E-state index contributed by atoms with van der Waals surface area (Å²) in [4.78, 5) is 26.2. The van der Waals surface area contributed by atoms with E-state index in [1.807, 2.05) is 0 Å². The number of nitrogens with one attached hydrogen (secondary N) is 1. The van der Waals surface area contributed by atoms with Crippen molar-refractivity contribution in [3.63, 3.8) is 0 Å². The van der Waals surface area contributed by atoms with Crippen LogP contribution in [0.4, 0.5) is 11.4 Å². The fraction of sp³-hybridized carbons (Fsp3) is 0.0769. The van der Waals surface area contributed by atoms with Gasteiger partial charge in [0.15, 0.2) is 0 Å². The molecule has 2 aromatic rings. The van der Waals surface area contributed by atoms with Crippen LogP contribution in [-0.2, 0) is 0 Å². The second kappa shape index (κ2) is 5.79. The van der Waals surface area contributed by atoms with Gasteiger partial charge in [0.1, 0.15) is 4.60 Å². The molecule has 0 fully saturated rings. The van der Waals surface area contributed by atoms with E-state index >= 15 is 0 Å². The third-order valence-corrected chi connectivity index (χ3v) is 3.07. The van der Waals surface area contributed by atoms with Gasteiger partial charge in [0, 0.05) is 29.1 Å². The maximum atomic E-state index is 12.0. The highest BCUT2D eigenvalue weighted by molar-refractivity contribution is 9.10. The van der Waals surface area contributed by atoms with Crippen LogP contribution < -0.4 is 5.32 Å². The quantitative estimate of drug-likeness (QED) is 0.529. The molecule has 0 bridgehead atoms. The molecule has 102 valence electrons. The van der Waals surface area contributed by atoms with Gasteiger partial charge in [-0.3, -0.25) is 14.9 Å². The Hall–Kier alpha value is -2.28. The lowest BCUT2D eigenvalue weighted by Gasteiger charge is -2.06. The molecule has 2 rings (SSSR count). The van der Waals surface area contributed by atoms with Crippen LogP contribution in [0.2, 0.25) is 0 Å². The molecule has 1 heterocycles. The van der Waals surface area contributed by atoms with E-state index in [0.29, 0.717) is 21.4 Å². The standard InChI is InChI=1S/C13H10BrN3O3/c1-8-6-10(2-3-11(8)17(19)20)16-13(18)9-4-5-15-12(14)7-9/h2-7H,1H3,(H,16,18). The van der Waals surface area contributed by atoms with E-state index in [1.54, 1.807) is 25.1 Å². The second-order valence-corrected chi connectivity index (χ2v) is 4.89. The minimum Gasteiger partial charge on any atom is -0.322 e. The maximum absolute atomic E-state index is 12.0. The molecule has 7 heteroatoms. The summed E-state index contributed by atoms with van der Waals surface area (Å²) in [5.74, 6) is -0.304. The Morgan fingerprint density at radius 3 is 2.70 bits per heavy atom. The zero-order valence-electron chi connectivity index (χ0n) is 10.5. The van der Waals surface area contributed by atoms with Crippen LogP contribution >= 0.6 is 15.9 Å². The number of halogens is 1. The summed E-state index contributed by atoms with van der Waals surface area (Å²) >= 11 is 3.19. The van der Waals surface area contributed by atoms with Crippen LogP contribution in [0.25, 0.3) is 0 Å². The van der Waals surface area contributed by atoms with E-state index in [-0.39, 0.29) is 11.6 Å². The Labute approximate surface area is 123 Å². The van der Waals surface area contributed by atoms with Crippen molar-refractivity contribution >= 4 is 33.2 Å². The van der Waals surface area contributed by atoms with Gasteiger partial charge >= 0.3 is 0 Å². The summed E-state index contributed by atoms with van der Waals surface area (Å²) in [7, 11) is 0.